The maximum atomic E-state index is 13.0. The van der Waals surface area contributed by atoms with Crippen LogP contribution in [0, 0.1) is 5.92 Å². The van der Waals surface area contributed by atoms with Gasteiger partial charge in [-0.1, -0.05) is 13.8 Å². The fraction of sp³-hybridized carbons (Fsp3) is 0.560. The second-order valence-electron chi connectivity index (χ2n) is 9.73. The van der Waals surface area contributed by atoms with Crippen LogP contribution in [0.25, 0.3) is 11.4 Å². The maximum absolute atomic E-state index is 13.0. The number of urea groups is 1. The van der Waals surface area contributed by atoms with Crippen molar-refractivity contribution in [3.8, 4) is 11.4 Å². The van der Waals surface area contributed by atoms with Crippen LogP contribution in [0.1, 0.15) is 39.0 Å². The van der Waals surface area contributed by atoms with Gasteiger partial charge in [0.15, 0.2) is 5.82 Å². The highest BCUT2D eigenvalue weighted by Crippen LogP contribution is 2.32. The van der Waals surface area contributed by atoms with Crippen molar-refractivity contribution in [2.75, 3.05) is 48.8 Å². The number of anilines is 2. The molecule has 196 valence electrons. The lowest BCUT2D eigenvalue weighted by Crippen LogP contribution is -2.46. The van der Waals surface area contributed by atoms with Gasteiger partial charge in [0.05, 0.1) is 37.2 Å². The molecule has 0 bridgehead atoms. The molecule has 11 heteroatoms. The van der Waals surface area contributed by atoms with Gasteiger partial charge in [-0.2, -0.15) is 4.31 Å². The van der Waals surface area contributed by atoms with Crippen molar-refractivity contribution >= 4 is 27.6 Å². The van der Waals surface area contributed by atoms with E-state index in [2.05, 4.69) is 22.5 Å². The van der Waals surface area contributed by atoms with Crippen LogP contribution in [0.2, 0.25) is 0 Å². The van der Waals surface area contributed by atoms with E-state index in [1.54, 1.807) is 4.31 Å². The molecule has 1 fully saturated rings. The lowest BCUT2D eigenvalue weighted by Gasteiger charge is -2.37. The SMILES string of the molecule is CCNC(=O)Nc1ccc(-c2nc3c(c(N4CCOCC4C)n2)CCN(S(=O)(=O)CC(C)C)C3)cc1. The van der Waals surface area contributed by atoms with Gasteiger partial charge in [-0.25, -0.2) is 23.2 Å². The molecule has 1 atom stereocenters. The summed E-state index contributed by atoms with van der Waals surface area (Å²) in [6.45, 7) is 11.0. The van der Waals surface area contributed by atoms with E-state index < -0.39 is 10.0 Å². The van der Waals surface area contributed by atoms with E-state index in [1.165, 1.54) is 0 Å². The molecule has 2 amide bonds. The normalized spacial score (nSPS) is 18.7. The van der Waals surface area contributed by atoms with Crippen molar-refractivity contribution in [1.29, 1.82) is 0 Å². The van der Waals surface area contributed by atoms with E-state index in [9.17, 15) is 13.2 Å². The summed E-state index contributed by atoms with van der Waals surface area (Å²) in [7, 11) is -3.38. The van der Waals surface area contributed by atoms with Crippen LogP contribution in [-0.4, -0.2) is 73.4 Å². The van der Waals surface area contributed by atoms with Gasteiger partial charge in [0, 0.05) is 36.4 Å². The quantitative estimate of drug-likeness (QED) is 0.581. The highest BCUT2D eigenvalue weighted by Gasteiger charge is 2.33. The molecule has 36 heavy (non-hydrogen) atoms. The monoisotopic (exact) mass is 516 g/mol. The first kappa shape index (κ1) is 26.3. The molecule has 1 unspecified atom stereocenters. The van der Waals surface area contributed by atoms with E-state index >= 15 is 0 Å². The van der Waals surface area contributed by atoms with Crippen molar-refractivity contribution in [2.24, 2.45) is 5.92 Å². The molecule has 2 aliphatic rings. The Kier molecular flexibility index (Phi) is 8.11. The summed E-state index contributed by atoms with van der Waals surface area (Å²) in [5.74, 6) is 1.56. The minimum atomic E-state index is -3.38. The van der Waals surface area contributed by atoms with Gasteiger partial charge in [0.1, 0.15) is 5.82 Å². The van der Waals surface area contributed by atoms with Crippen molar-refractivity contribution in [3.05, 3.63) is 35.5 Å². The maximum Gasteiger partial charge on any atom is 0.319 e. The number of carbonyl (C=O) groups is 1. The average molecular weight is 517 g/mol. The first-order valence-electron chi connectivity index (χ1n) is 12.5. The van der Waals surface area contributed by atoms with Gasteiger partial charge in [-0.15, -0.1) is 0 Å². The number of benzene rings is 1. The minimum absolute atomic E-state index is 0.0497. The molecule has 0 aliphatic carbocycles. The third-order valence-electron chi connectivity index (χ3n) is 6.32. The molecule has 1 aromatic heterocycles. The zero-order chi connectivity index (χ0) is 25.9. The van der Waals surface area contributed by atoms with Gasteiger partial charge in [-0.05, 0) is 50.5 Å². The highest BCUT2D eigenvalue weighted by atomic mass is 32.2. The molecule has 0 spiro atoms. The van der Waals surface area contributed by atoms with Crippen LogP contribution >= 0.6 is 0 Å². The topological polar surface area (TPSA) is 117 Å². The van der Waals surface area contributed by atoms with Crippen LogP contribution in [0.4, 0.5) is 16.3 Å². The van der Waals surface area contributed by atoms with E-state index in [0.717, 1.165) is 29.2 Å². The zero-order valence-electron chi connectivity index (χ0n) is 21.5. The van der Waals surface area contributed by atoms with Gasteiger partial charge >= 0.3 is 6.03 Å². The van der Waals surface area contributed by atoms with E-state index in [-0.39, 0.29) is 30.3 Å². The second-order valence-corrected chi connectivity index (χ2v) is 11.7. The summed E-state index contributed by atoms with van der Waals surface area (Å²) >= 11 is 0. The summed E-state index contributed by atoms with van der Waals surface area (Å²) in [4.78, 5) is 23.9. The Morgan fingerprint density at radius 3 is 2.61 bits per heavy atom. The first-order chi connectivity index (χ1) is 17.2. The van der Waals surface area contributed by atoms with Crippen molar-refractivity contribution in [3.63, 3.8) is 0 Å². The van der Waals surface area contributed by atoms with Crippen molar-refractivity contribution < 1.29 is 17.9 Å². The molecule has 2 N–H and O–H groups in total. The predicted octanol–water partition coefficient (Wildman–Crippen LogP) is 2.85. The van der Waals surface area contributed by atoms with Crippen LogP contribution in [-0.2, 0) is 27.7 Å². The van der Waals surface area contributed by atoms with Gasteiger partial charge < -0.3 is 20.3 Å². The number of nitrogens with one attached hydrogen (secondary N) is 2. The Hall–Kier alpha value is -2.76. The number of aromatic nitrogens is 2. The van der Waals surface area contributed by atoms with Gasteiger partial charge in [0.25, 0.3) is 0 Å². The smallest absolute Gasteiger partial charge is 0.319 e. The number of morpholine rings is 1. The molecule has 3 heterocycles. The highest BCUT2D eigenvalue weighted by molar-refractivity contribution is 7.89. The number of amides is 2. The molecule has 0 saturated carbocycles. The van der Waals surface area contributed by atoms with E-state index in [4.69, 9.17) is 14.7 Å². The standard InChI is InChI=1S/C25H36N6O4S/c1-5-26-25(32)27-20-8-6-19(7-9-20)23-28-22-14-30(36(33,34)16-17(2)3)11-10-21(22)24(29-23)31-12-13-35-15-18(31)4/h6-9,17-18H,5,10-16H2,1-4H3,(H2,26,27,32). The molecule has 0 radical (unpaired) electrons. The van der Waals surface area contributed by atoms with Crippen molar-refractivity contribution in [2.45, 2.75) is 46.7 Å². The molecule has 1 saturated heterocycles. The Morgan fingerprint density at radius 2 is 1.94 bits per heavy atom. The second kappa shape index (κ2) is 11.1. The lowest BCUT2D eigenvalue weighted by atomic mass is 10.0. The number of fused-ring (bicyclic) bond motifs is 1. The van der Waals surface area contributed by atoms with E-state index in [1.807, 2.05) is 45.0 Å². The minimum Gasteiger partial charge on any atom is -0.377 e. The Labute approximate surface area is 213 Å². The number of hydrogen-bond acceptors (Lipinski definition) is 7. The number of ether oxygens (including phenoxy) is 1. The lowest BCUT2D eigenvalue weighted by molar-refractivity contribution is 0.0984. The zero-order valence-corrected chi connectivity index (χ0v) is 22.3. The molecule has 1 aromatic carbocycles. The largest absolute Gasteiger partial charge is 0.377 e. The number of rotatable bonds is 7. The number of sulfonamides is 1. The molecule has 2 aliphatic heterocycles. The molecule has 10 nitrogen and oxygen atoms in total. The summed E-state index contributed by atoms with van der Waals surface area (Å²) in [5, 5.41) is 5.50. The Morgan fingerprint density at radius 1 is 1.19 bits per heavy atom. The number of hydrogen-bond donors (Lipinski definition) is 2. The number of nitrogens with zero attached hydrogens (tertiary/aromatic N) is 4. The van der Waals surface area contributed by atoms with Crippen LogP contribution in [0.15, 0.2) is 24.3 Å². The van der Waals surface area contributed by atoms with Crippen LogP contribution < -0.4 is 15.5 Å². The third-order valence-corrected chi connectivity index (χ3v) is 8.51. The first-order valence-corrected chi connectivity index (χ1v) is 14.2. The molecule has 4 rings (SSSR count). The summed E-state index contributed by atoms with van der Waals surface area (Å²) < 4.78 is 33.2. The Bertz CT molecular complexity index is 1190. The summed E-state index contributed by atoms with van der Waals surface area (Å²) in [5.41, 5.74) is 3.22. The fourth-order valence-electron chi connectivity index (χ4n) is 4.60. The molecular weight excluding hydrogens is 480 g/mol. The Balaban J connectivity index is 1.70. The van der Waals surface area contributed by atoms with Crippen LogP contribution in [0.5, 0.6) is 0 Å². The molecular formula is C25H36N6O4S. The fourth-order valence-corrected chi connectivity index (χ4v) is 6.34. The van der Waals surface area contributed by atoms with E-state index in [0.29, 0.717) is 44.2 Å². The summed E-state index contributed by atoms with van der Waals surface area (Å²) in [6, 6.07) is 7.24. The third kappa shape index (κ3) is 5.96. The van der Waals surface area contributed by atoms with Crippen LogP contribution in [0.3, 0.4) is 0 Å². The average Bonchev–Trinajstić information content (AvgIpc) is 2.83. The van der Waals surface area contributed by atoms with Gasteiger partial charge in [-0.3, -0.25) is 0 Å². The molecule has 2 aromatic rings. The van der Waals surface area contributed by atoms with Crippen molar-refractivity contribution in [1.82, 2.24) is 19.6 Å². The van der Waals surface area contributed by atoms with Gasteiger partial charge in [0.2, 0.25) is 10.0 Å². The summed E-state index contributed by atoms with van der Waals surface area (Å²) in [6.07, 6.45) is 0.571. The predicted molar refractivity (Wildman–Crippen MR) is 141 cm³/mol. The number of carbonyl (C=O) groups excluding carboxylic acids is 1.